The number of ketones is 1. The fourth-order valence-electron chi connectivity index (χ4n) is 4.96. The molecule has 1 N–H and O–H groups in total. The lowest BCUT2D eigenvalue weighted by atomic mass is 10.0. The lowest BCUT2D eigenvalue weighted by Crippen LogP contribution is -2.52. The first kappa shape index (κ1) is 25.0. The van der Waals surface area contributed by atoms with Crippen molar-refractivity contribution < 1.29 is 22.8 Å². The van der Waals surface area contributed by atoms with Crippen LogP contribution in [0.5, 0.6) is 0 Å². The molecule has 12 heteroatoms. The number of carbonyl (C=O) groups excluding carboxylic acids is 3. The summed E-state index contributed by atoms with van der Waals surface area (Å²) >= 11 is 2.93. The van der Waals surface area contributed by atoms with Crippen LogP contribution < -0.4 is 5.32 Å². The molecule has 5 heterocycles. The minimum atomic E-state index is -3.98. The fraction of sp³-hybridized carbons (Fsp3) is 0.417. The van der Waals surface area contributed by atoms with Crippen molar-refractivity contribution in [2.75, 3.05) is 13.1 Å². The number of fused-ring (bicyclic) bond motifs is 2. The van der Waals surface area contributed by atoms with Crippen LogP contribution in [0.3, 0.4) is 0 Å². The molecule has 2 saturated heterocycles. The predicted molar refractivity (Wildman–Crippen MR) is 137 cm³/mol. The summed E-state index contributed by atoms with van der Waals surface area (Å²) < 4.78 is 29.6. The molecular formula is C24H26N4O5S3. The van der Waals surface area contributed by atoms with Gasteiger partial charge in [0.1, 0.15) is 12.1 Å². The van der Waals surface area contributed by atoms with E-state index in [-0.39, 0.29) is 41.6 Å². The van der Waals surface area contributed by atoms with Gasteiger partial charge in [0.05, 0.1) is 17.5 Å². The van der Waals surface area contributed by atoms with Gasteiger partial charge in [-0.15, -0.1) is 22.7 Å². The molecule has 0 radical (unpaired) electrons. The van der Waals surface area contributed by atoms with Crippen molar-refractivity contribution in [3.8, 4) is 0 Å². The lowest BCUT2D eigenvalue weighted by molar-refractivity contribution is -0.138. The van der Waals surface area contributed by atoms with Crippen LogP contribution in [-0.4, -0.2) is 71.4 Å². The molecule has 3 aromatic heterocycles. The molecule has 5 rings (SSSR count). The third-order valence-corrected chi connectivity index (χ3v) is 10.4. The van der Waals surface area contributed by atoms with E-state index in [4.69, 9.17) is 0 Å². The Morgan fingerprint density at radius 1 is 1.22 bits per heavy atom. The Hall–Kier alpha value is -2.67. The summed E-state index contributed by atoms with van der Waals surface area (Å²) in [6, 6.07) is 6.05. The van der Waals surface area contributed by atoms with Gasteiger partial charge in [-0.1, -0.05) is 19.9 Å². The molecule has 2 amide bonds. The Balaban J connectivity index is 1.36. The van der Waals surface area contributed by atoms with Crippen molar-refractivity contribution in [2.45, 2.75) is 49.8 Å². The lowest BCUT2D eigenvalue weighted by Gasteiger charge is -2.29. The van der Waals surface area contributed by atoms with Gasteiger partial charge >= 0.3 is 0 Å². The van der Waals surface area contributed by atoms with Crippen LogP contribution in [0.25, 0.3) is 9.40 Å². The number of pyridine rings is 1. The number of carbonyl (C=O) groups is 3. The van der Waals surface area contributed by atoms with E-state index in [0.29, 0.717) is 17.7 Å². The molecule has 0 aromatic carbocycles. The maximum atomic E-state index is 13.7. The largest absolute Gasteiger partial charge is 0.340 e. The second-order valence-corrected chi connectivity index (χ2v) is 13.3. The molecule has 3 unspecified atom stereocenters. The van der Waals surface area contributed by atoms with E-state index in [1.807, 2.05) is 31.4 Å². The van der Waals surface area contributed by atoms with E-state index in [0.717, 1.165) is 9.40 Å². The van der Waals surface area contributed by atoms with Gasteiger partial charge < -0.3 is 10.2 Å². The summed E-state index contributed by atoms with van der Waals surface area (Å²) in [5.41, 5.74) is 0. The van der Waals surface area contributed by atoms with Crippen molar-refractivity contribution in [1.29, 1.82) is 0 Å². The molecule has 0 spiro atoms. The molecule has 3 aromatic rings. The van der Waals surface area contributed by atoms with E-state index >= 15 is 0 Å². The Labute approximate surface area is 217 Å². The van der Waals surface area contributed by atoms with Crippen LogP contribution >= 0.6 is 22.7 Å². The summed E-state index contributed by atoms with van der Waals surface area (Å²) in [7, 11) is -3.98. The van der Waals surface area contributed by atoms with Crippen LogP contribution in [0.2, 0.25) is 0 Å². The predicted octanol–water partition coefficient (Wildman–Crippen LogP) is 2.75. The molecule has 36 heavy (non-hydrogen) atoms. The molecule has 2 fully saturated rings. The standard InChI is InChI=1S/C24H26N4O5S3/c1-14(2)11-15(26-23(30)20-12-19-18(35-20)7-10-34-19)24(31)27-9-6-16-22(27)17(29)13-28(16)36(32,33)21-5-3-4-8-25-21/h3-5,7-8,10,12,14-16,22H,6,9,11,13H2,1-2H3,(H,26,30). The molecule has 3 atom stereocenters. The van der Waals surface area contributed by atoms with Gasteiger partial charge in [0.2, 0.25) is 5.91 Å². The maximum Gasteiger partial charge on any atom is 0.262 e. The van der Waals surface area contributed by atoms with Gasteiger partial charge in [0.15, 0.2) is 10.8 Å². The molecule has 190 valence electrons. The topological polar surface area (TPSA) is 117 Å². The molecule has 9 nitrogen and oxygen atoms in total. The second kappa shape index (κ2) is 9.66. The van der Waals surface area contributed by atoms with E-state index in [1.54, 1.807) is 23.5 Å². The molecule has 0 bridgehead atoms. The van der Waals surface area contributed by atoms with Gasteiger partial charge in [0, 0.05) is 22.1 Å². The highest BCUT2D eigenvalue weighted by Crippen LogP contribution is 2.34. The van der Waals surface area contributed by atoms with E-state index < -0.39 is 28.1 Å². The minimum absolute atomic E-state index is 0.116. The first-order valence-electron chi connectivity index (χ1n) is 11.7. The zero-order chi connectivity index (χ0) is 25.6. The number of amides is 2. The fourth-order valence-corrected chi connectivity index (χ4v) is 8.53. The summed E-state index contributed by atoms with van der Waals surface area (Å²) in [5, 5.41) is 4.73. The summed E-state index contributed by atoms with van der Waals surface area (Å²) in [6.07, 6.45) is 2.14. The Kier molecular flexibility index (Phi) is 6.70. The second-order valence-electron chi connectivity index (χ2n) is 9.43. The highest BCUT2D eigenvalue weighted by atomic mass is 32.2. The highest BCUT2D eigenvalue weighted by molar-refractivity contribution is 7.89. The van der Waals surface area contributed by atoms with Crippen molar-refractivity contribution in [3.63, 3.8) is 0 Å². The summed E-state index contributed by atoms with van der Waals surface area (Å²) in [6.45, 7) is 3.86. The number of hydrogen-bond acceptors (Lipinski definition) is 8. The normalized spacial score (nSPS) is 21.3. The third kappa shape index (κ3) is 4.47. The van der Waals surface area contributed by atoms with E-state index in [1.165, 1.54) is 32.8 Å². The van der Waals surface area contributed by atoms with Crippen LogP contribution in [-0.2, 0) is 19.6 Å². The Morgan fingerprint density at radius 3 is 2.72 bits per heavy atom. The third-order valence-electron chi connectivity index (χ3n) is 6.55. The summed E-state index contributed by atoms with van der Waals surface area (Å²) in [5.74, 6) is -0.883. The number of aromatic nitrogens is 1. The average Bonchev–Trinajstić information content (AvgIpc) is 3.60. The van der Waals surface area contributed by atoms with Crippen molar-refractivity contribution in [3.05, 3.63) is 46.8 Å². The number of Topliss-reactive ketones (excluding diaryl/α,β-unsaturated/α-hetero) is 1. The Bertz CT molecular complexity index is 1390. The van der Waals surface area contributed by atoms with Gasteiger partial charge in [-0.25, -0.2) is 13.4 Å². The number of likely N-dealkylation sites (tertiary alicyclic amines) is 1. The summed E-state index contributed by atoms with van der Waals surface area (Å²) in [4.78, 5) is 45.7. The molecule has 0 aliphatic carbocycles. The van der Waals surface area contributed by atoms with Gasteiger partial charge in [0.25, 0.3) is 15.9 Å². The number of nitrogens with zero attached hydrogens (tertiary/aromatic N) is 3. The first-order valence-corrected chi connectivity index (χ1v) is 14.8. The zero-order valence-electron chi connectivity index (χ0n) is 19.8. The maximum absolute atomic E-state index is 13.7. The quantitative estimate of drug-likeness (QED) is 0.487. The monoisotopic (exact) mass is 546 g/mol. The van der Waals surface area contributed by atoms with Gasteiger partial charge in [-0.3, -0.25) is 14.4 Å². The van der Waals surface area contributed by atoms with Crippen molar-refractivity contribution in [2.24, 2.45) is 5.92 Å². The minimum Gasteiger partial charge on any atom is -0.340 e. The SMILES string of the molecule is CC(C)CC(NC(=O)c1cc2sccc2s1)C(=O)N1CCC2C1C(=O)CN2S(=O)(=O)c1ccccn1. The van der Waals surface area contributed by atoms with Crippen molar-refractivity contribution >= 4 is 59.7 Å². The van der Waals surface area contributed by atoms with E-state index in [9.17, 15) is 22.8 Å². The van der Waals surface area contributed by atoms with Gasteiger partial charge in [-0.05, 0) is 48.4 Å². The first-order chi connectivity index (χ1) is 17.2. The van der Waals surface area contributed by atoms with Crippen LogP contribution in [0, 0.1) is 5.92 Å². The van der Waals surface area contributed by atoms with Gasteiger partial charge in [-0.2, -0.15) is 4.31 Å². The molecular weight excluding hydrogens is 520 g/mol. The number of rotatable bonds is 7. The number of thiophene rings is 2. The highest BCUT2D eigenvalue weighted by Gasteiger charge is 2.54. The molecule has 2 aliphatic rings. The molecule has 0 saturated carbocycles. The number of hydrogen-bond donors (Lipinski definition) is 1. The average molecular weight is 547 g/mol. The van der Waals surface area contributed by atoms with Crippen LogP contribution in [0.1, 0.15) is 36.4 Å². The molecule has 2 aliphatic heterocycles. The zero-order valence-corrected chi connectivity index (χ0v) is 22.2. The van der Waals surface area contributed by atoms with Crippen LogP contribution in [0.4, 0.5) is 0 Å². The van der Waals surface area contributed by atoms with E-state index in [2.05, 4.69) is 10.3 Å². The number of sulfonamides is 1. The smallest absolute Gasteiger partial charge is 0.262 e. The van der Waals surface area contributed by atoms with Crippen LogP contribution in [0.15, 0.2) is 46.9 Å². The van der Waals surface area contributed by atoms with Crippen molar-refractivity contribution in [1.82, 2.24) is 19.5 Å². The number of nitrogens with one attached hydrogen (secondary N) is 1. The Morgan fingerprint density at radius 2 is 2.03 bits per heavy atom.